The lowest BCUT2D eigenvalue weighted by atomic mass is 10.2. The van der Waals surface area contributed by atoms with Crippen molar-refractivity contribution in [1.82, 2.24) is 14.8 Å². The number of hydrogen-bond donors (Lipinski definition) is 1. The van der Waals surface area contributed by atoms with Crippen molar-refractivity contribution >= 4 is 5.69 Å². The first-order valence-corrected chi connectivity index (χ1v) is 5.37. The fourth-order valence-corrected chi connectivity index (χ4v) is 1.65. The number of rotatable bonds is 2. The van der Waals surface area contributed by atoms with Crippen LogP contribution >= 0.6 is 0 Å². The largest absolute Gasteiger partial charge is 0.399 e. The molecule has 4 nitrogen and oxygen atoms in total. The Morgan fingerprint density at radius 3 is 2.69 bits per heavy atom. The Morgan fingerprint density at radius 2 is 2.06 bits per heavy atom. The van der Waals surface area contributed by atoms with Gasteiger partial charge in [-0.15, -0.1) is 0 Å². The molecule has 0 spiro atoms. The van der Waals surface area contributed by atoms with E-state index in [1.165, 1.54) is 0 Å². The standard InChI is InChI=1S/C12H16N4/c1-8(2)12-14-9(3)15-16(12)11-6-4-5-10(13)7-11/h4-8H,13H2,1-3H3. The van der Waals surface area contributed by atoms with Gasteiger partial charge in [0.05, 0.1) is 5.69 Å². The van der Waals surface area contributed by atoms with E-state index in [0.29, 0.717) is 5.92 Å². The van der Waals surface area contributed by atoms with Gasteiger partial charge in [-0.3, -0.25) is 0 Å². The van der Waals surface area contributed by atoms with E-state index in [-0.39, 0.29) is 0 Å². The summed E-state index contributed by atoms with van der Waals surface area (Å²) in [6.45, 7) is 6.10. The van der Waals surface area contributed by atoms with E-state index < -0.39 is 0 Å². The molecule has 0 saturated heterocycles. The second-order valence-electron chi connectivity index (χ2n) is 4.18. The number of anilines is 1. The molecule has 0 amide bonds. The first-order valence-electron chi connectivity index (χ1n) is 5.37. The number of aromatic nitrogens is 3. The number of nitrogens with two attached hydrogens (primary N) is 1. The third-order valence-electron chi connectivity index (χ3n) is 2.37. The highest BCUT2D eigenvalue weighted by atomic mass is 15.3. The Hall–Kier alpha value is -1.84. The normalized spacial score (nSPS) is 11.0. The van der Waals surface area contributed by atoms with Gasteiger partial charge in [0.1, 0.15) is 11.6 Å². The molecule has 1 heterocycles. The fourth-order valence-electron chi connectivity index (χ4n) is 1.65. The molecule has 0 aliphatic carbocycles. The fraction of sp³-hybridized carbons (Fsp3) is 0.333. The Kier molecular flexibility index (Phi) is 2.64. The van der Waals surface area contributed by atoms with E-state index in [9.17, 15) is 0 Å². The van der Waals surface area contributed by atoms with E-state index in [0.717, 1.165) is 23.0 Å². The second kappa shape index (κ2) is 3.96. The van der Waals surface area contributed by atoms with Gasteiger partial charge in [0.2, 0.25) is 0 Å². The van der Waals surface area contributed by atoms with Gasteiger partial charge in [0, 0.05) is 11.6 Å². The topological polar surface area (TPSA) is 56.7 Å². The molecular formula is C12H16N4. The van der Waals surface area contributed by atoms with Gasteiger partial charge in [0.15, 0.2) is 0 Å². The van der Waals surface area contributed by atoms with Crippen molar-refractivity contribution in [1.29, 1.82) is 0 Å². The van der Waals surface area contributed by atoms with Crippen molar-refractivity contribution in [3.8, 4) is 5.69 Å². The Labute approximate surface area is 95.1 Å². The van der Waals surface area contributed by atoms with Gasteiger partial charge < -0.3 is 5.73 Å². The van der Waals surface area contributed by atoms with Crippen molar-refractivity contribution in [2.24, 2.45) is 0 Å². The third-order valence-corrected chi connectivity index (χ3v) is 2.37. The summed E-state index contributed by atoms with van der Waals surface area (Å²) >= 11 is 0. The van der Waals surface area contributed by atoms with Crippen molar-refractivity contribution in [2.45, 2.75) is 26.7 Å². The first kappa shape index (κ1) is 10.7. The van der Waals surface area contributed by atoms with Crippen molar-refractivity contribution in [2.75, 3.05) is 5.73 Å². The maximum absolute atomic E-state index is 5.77. The molecule has 4 heteroatoms. The van der Waals surface area contributed by atoms with E-state index in [1.54, 1.807) is 0 Å². The third kappa shape index (κ3) is 1.91. The van der Waals surface area contributed by atoms with Crippen LogP contribution in [0.15, 0.2) is 24.3 Å². The molecule has 0 bridgehead atoms. The zero-order chi connectivity index (χ0) is 11.7. The smallest absolute Gasteiger partial charge is 0.148 e. The van der Waals surface area contributed by atoms with Gasteiger partial charge >= 0.3 is 0 Å². The highest BCUT2D eigenvalue weighted by molar-refractivity contribution is 5.47. The second-order valence-corrected chi connectivity index (χ2v) is 4.18. The van der Waals surface area contributed by atoms with Gasteiger partial charge in [-0.25, -0.2) is 9.67 Å². The summed E-state index contributed by atoms with van der Waals surface area (Å²) < 4.78 is 1.86. The summed E-state index contributed by atoms with van der Waals surface area (Å²) in [6, 6.07) is 7.67. The van der Waals surface area contributed by atoms with Crippen LogP contribution in [0.1, 0.15) is 31.4 Å². The summed E-state index contributed by atoms with van der Waals surface area (Å²) in [5, 5.41) is 4.39. The minimum atomic E-state index is 0.336. The Morgan fingerprint density at radius 1 is 1.31 bits per heavy atom. The average Bonchev–Trinajstić information content (AvgIpc) is 2.60. The van der Waals surface area contributed by atoms with E-state index in [4.69, 9.17) is 5.73 Å². The van der Waals surface area contributed by atoms with Crippen molar-refractivity contribution in [3.05, 3.63) is 35.9 Å². The lowest BCUT2D eigenvalue weighted by molar-refractivity contribution is 0.714. The molecule has 2 N–H and O–H groups in total. The Bertz CT molecular complexity index is 499. The maximum Gasteiger partial charge on any atom is 0.148 e. The molecule has 1 aromatic heterocycles. The molecular weight excluding hydrogens is 200 g/mol. The number of hydrogen-bond acceptors (Lipinski definition) is 3. The summed E-state index contributed by atoms with van der Waals surface area (Å²) in [6.07, 6.45) is 0. The molecule has 0 atom stereocenters. The van der Waals surface area contributed by atoms with Crippen LogP contribution in [-0.2, 0) is 0 Å². The zero-order valence-electron chi connectivity index (χ0n) is 9.81. The first-order chi connectivity index (χ1) is 7.58. The van der Waals surface area contributed by atoms with Crippen LogP contribution in [0.5, 0.6) is 0 Å². The zero-order valence-corrected chi connectivity index (χ0v) is 9.81. The van der Waals surface area contributed by atoms with E-state index in [2.05, 4.69) is 23.9 Å². The quantitative estimate of drug-likeness (QED) is 0.783. The molecule has 0 aliphatic rings. The lowest BCUT2D eigenvalue weighted by Gasteiger charge is -2.08. The van der Waals surface area contributed by atoms with Gasteiger partial charge in [-0.2, -0.15) is 5.10 Å². The molecule has 1 aromatic carbocycles. The molecule has 0 saturated carbocycles. The van der Waals surface area contributed by atoms with Gasteiger partial charge in [0.25, 0.3) is 0 Å². The molecule has 2 rings (SSSR count). The van der Waals surface area contributed by atoms with Crippen molar-refractivity contribution < 1.29 is 0 Å². The van der Waals surface area contributed by atoms with Crippen LogP contribution in [0.2, 0.25) is 0 Å². The monoisotopic (exact) mass is 216 g/mol. The predicted octanol–water partition coefficient (Wildman–Crippen LogP) is 2.28. The van der Waals surface area contributed by atoms with Gasteiger partial charge in [-0.1, -0.05) is 19.9 Å². The highest BCUT2D eigenvalue weighted by Crippen LogP contribution is 2.18. The molecule has 84 valence electrons. The molecule has 0 radical (unpaired) electrons. The summed E-state index contributed by atoms with van der Waals surface area (Å²) in [5.74, 6) is 2.08. The number of benzene rings is 1. The van der Waals surface area contributed by atoms with Gasteiger partial charge in [-0.05, 0) is 25.1 Å². The molecule has 2 aromatic rings. The number of aryl methyl sites for hydroxylation is 1. The molecule has 16 heavy (non-hydrogen) atoms. The van der Waals surface area contributed by atoms with E-state index in [1.807, 2.05) is 35.9 Å². The maximum atomic E-state index is 5.77. The minimum absolute atomic E-state index is 0.336. The summed E-state index contributed by atoms with van der Waals surface area (Å²) in [7, 11) is 0. The van der Waals surface area contributed by atoms with Crippen LogP contribution < -0.4 is 5.73 Å². The molecule has 0 aliphatic heterocycles. The molecule has 0 fully saturated rings. The van der Waals surface area contributed by atoms with Crippen molar-refractivity contribution in [3.63, 3.8) is 0 Å². The predicted molar refractivity (Wildman–Crippen MR) is 64.6 cm³/mol. The average molecular weight is 216 g/mol. The summed E-state index contributed by atoms with van der Waals surface area (Å²) in [5.41, 5.74) is 7.47. The van der Waals surface area contributed by atoms with Crippen LogP contribution in [-0.4, -0.2) is 14.8 Å². The van der Waals surface area contributed by atoms with E-state index >= 15 is 0 Å². The number of nitrogens with zero attached hydrogens (tertiary/aromatic N) is 3. The number of nitrogen functional groups attached to an aromatic ring is 1. The SMILES string of the molecule is Cc1nc(C(C)C)n(-c2cccc(N)c2)n1. The van der Waals surface area contributed by atoms with Crippen LogP contribution in [0.4, 0.5) is 5.69 Å². The lowest BCUT2D eigenvalue weighted by Crippen LogP contribution is -2.05. The highest BCUT2D eigenvalue weighted by Gasteiger charge is 2.12. The van der Waals surface area contributed by atoms with Crippen LogP contribution in [0, 0.1) is 6.92 Å². The van der Waals surface area contributed by atoms with Crippen LogP contribution in [0.25, 0.3) is 5.69 Å². The summed E-state index contributed by atoms with van der Waals surface area (Å²) in [4.78, 5) is 4.43. The Balaban J connectivity index is 2.55. The minimum Gasteiger partial charge on any atom is -0.399 e. The molecule has 0 unspecified atom stereocenters. The van der Waals surface area contributed by atoms with Crippen LogP contribution in [0.3, 0.4) is 0 Å².